The van der Waals surface area contributed by atoms with Crippen LogP contribution in [0.5, 0.6) is 0 Å². The molecule has 90 valence electrons. The van der Waals surface area contributed by atoms with Gasteiger partial charge in [-0.15, -0.1) is 0 Å². The van der Waals surface area contributed by atoms with Gasteiger partial charge in [0, 0.05) is 12.4 Å². The molecule has 0 saturated heterocycles. The molecule has 2 aromatic rings. The Morgan fingerprint density at radius 3 is 2.39 bits per heavy atom. The molecular formula is C14H14N4. The highest BCUT2D eigenvalue weighted by atomic mass is 15.0. The molecule has 4 heteroatoms. The normalized spacial score (nSPS) is 13.2. The van der Waals surface area contributed by atoms with Crippen molar-refractivity contribution in [3.05, 3.63) is 60.2 Å². The Labute approximate surface area is 106 Å². The maximum Gasteiger partial charge on any atom is 0.181 e. The van der Waals surface area contributed by atoms with E-state index in [1.807, 2.05) is 43.3 Å². The number of hydrogen-bond acceptors (Lipinski definition) is 4. The van der Waals surface area contributed by atoms with Gasteiger partial charge in [0.15, 0.2) is 6.17 Å². The summed E-state index contributed by atoms with van der Waals surface area (Å²) in [4.78, 5) is 17.1. The van der Waals surface area contributed by atoms with E-state index in [9.17, 15) is 0 Å². The topological polar surface area (TPSA) is 50.5 Å². The summed E-state index contributed by atoms with van der Waals surface area (Å²) in [5, 5.41) is 0. The summed E-state index contributed by atoms with van der Waals surface area (Å²) < 4.78 is 0. The third-order valence-electron chi connectivity index (χ3n) is 2.28. The van der Waals surface area contributed by atoms with Crippen LogP contribution in [0, 0.1) is 0 Å². The molecular weight excluding hydrogens is 224 g/mol. The number of aromatic nitrogens is 2. The van der Waals surface area contributed by atoms with E-state index < -0.39 is 0 Å². The quantitative estimate of drug-likeness (QED) is 0.769. The second-order valence-corrected chi connectivity index (χ2v) is 3.57. The van der Waals surface area contributed by atoms with Crippen LogP contribution in [0.4, 0.5) is 0 Å². The van der Waals surface area contributed by atoms with Crippen molar-refractivity contribution in [2.75, 3.05) is 0 Å². The summed E-state index contributed by atoms with van der Waals surface area (Å²) in [7, 11) is 0. The molecule has 2 aromatic heterocycles. The van der Waals surface area contributed by atoms with Crippen molar-refractivity contribution in [1.82, 2.24) is 9.97 Å². The van der Waals surface area contributed by atoms with Gasteiger partial charge in [-0.05, 0) is 37.4 Å². The lowest BCUT2D eigenvalue weighted by molar-refractivity contribution is 0.753. The fraction of sp³-hybridized carbons (Fsp3) is 0.143. The molecule has 0 aliphatic heterocycles. The van der Waals surface area contributed by atoms with Crippen LogP contribution in [-0.2, 0) is 0 Å². The zero-order chi connectivity index (χ0) is 12.6. The molecule has 0 spiro atoms. The van der Waals surface area contributed by atoms with Crippen molar-refractivity contribution < 1.29 is 0 Å². The zero-order valence-electron chi connectivity index (χ0n) is 10.1. The summed E-state index contributed by atoms with van der Waals surface area (Å²) in [6.07, 6.45) is 6.61. The average Bonchev–Trinajstić information content (AvgIpc) is 2.45. The van der Waals surface area contributed by atoms with Crippen LogP contribution in [0.3, 0.4) is 0 Å². The highest BCUT2D eigenvalue weighted by molar-refractivity contribution is 5.77. The van der Waals surface area contributed by atoms with Crippen molar-refractivity contribution in [2.45, 2.75) is 13.1 Å². The van der Waals surface area contributed by atoms with Crippen LogP contribution < -0.4 is 0 Å². The number of nitrogens with zero attached hydrogens (tertiary/aromatic N) is 4. The Balaban J connectivity index is 2.20. The van der Waals surface area contributed by atoms with Gasteiger partial charge in [-0.25, -0.2) is 0 Å². The zero-order valence-corrected chi connectivity index (χ0v) is 10.1. The Morgan fingerprint density at radius 1 is 1.00 bits per heavy atom. The molecule has 0 aliphatic rings. The summed E-state index contributed by atoms with van der Waals surface area (Å²) >= 11 is 0. The second kappa shape index (κ2) is 6.39. The largest absolute Gasteiger partial charge is 0.265 e. The number of rotatable bonds is 4. The van der Waals surface area contributed by atoms with E-state index in [1.165, 1.54) is 0 Å². The molecule has 0 aromatic carbocycles. The molecule has 1 unspecified atom stereocenters. The second-order valence-electron chi connectivity index (χ2n) is 3.57. The van der Waals surface area contributed by atoms with Crippen molar-refractivity contribution >= 4 is 12.4 Å². The van der Waals surface area contributed by atoms with E-state index >= 15 is 0 Å². The molecule has 4 nitrogen and oxygen atoms in total. The van der Waals surface area contributed by atoms with Crippen LogP contribution in [0.1, 0.15) is 24.5 Å². The standard InChI is InChI=1S/C14H14N4/c1-2-15-14(13-8-4-6-10-17-13)18-11-12-7-3-5-9-16-12/h2-11,14H,1H3/b15-2+,18-11+. The molecule has 18 heavy (non-hydrogen) atoms. The Hall–Kier alpha value is -2.36. The minimum absolute atomic E-state index is 0.307. The maximum absolute atomic E-state index is 4.41. The minimum atomic E-state index is -0.307. The molecule has 0 aliphatic carbocycles. The molecule has 0 fully saturated rings. The lowest BCUT2D eigenvalue weighted by Gasteiger charge is -2.05. The highest BCUT2D eigenvalue weighted by Crippen LogP contribution is 2.15. The van der Waals surface area contributed by atoms with E-state index in [0.717, 1.165) is 11.4 Å². The fourth-order valence-corrected chi connectivity index (χ4v) is 1.46. The minimum Gasteiger partial charge on any atom is -0.265 e. The smallest absolute Gasteiger partial charge is 0.181 e. The molecule has 2 heterocycles. The van der Waals surface area contributed by atoms with E-state index in [1.54, 1.807) is 24.8 Å². The van der Waals surface area contributed by atoms with Crippen LogP contribution in [-0.4, -0.2) is 22.4 Å². The van der Waals surface area contributed by atoms with Gasteiger partial charge in [0.1, 0.15) is 0 Å². The number of pyridine rings is 2. The Bertz CT molecular complexity index is 520. The van der Waals surface area contributed by atoms with Crippen molar-refractivity contribution in [1.29, 1.82) is 0 Å². The Morgan fingerprint density at radius 2 is 1.78 bits per heavy atom. The first-order valence-electron chi connectivity index (χ1n) is 5.73. The van der Waals surface area contributed by atoms with Crippen molar-refractivity contribution in [2.24, 2.45) is 9.98 Å². The van der Waals surface area contributed by atoms with E-state index in [2.05, 4.69) is 20.0 Å². The van der Waals surface area contributed by atoms with E-state index in [4.69, 9.17) is 0 Å². The molecule has 0 bridgehead atoms. The van der Waals surface area contributed by atoms with E-state index in [0.29, 0.717) is 0 Å². The molecule has 0 saturated carbocycles. The van der Waals surface area contributed by atoms with Crippen molar-refractivity contribution in [3.8, 4) is 0 Å². The van der Waals surface area contributed by atoms with Gasteiger partial charge in [-0.1, -0.05) is 12.1 Å². The van der Waals surface area contributed by atoms with Gasteiger partial charge < -0.3 is 0 Å². The Kier molecular flexibility index (Phi) is 4.30. The SMILES string of the molecule is C/C=N/C(/N=C/c1ccccn1)c1ccccn1. The van der Waals surface area contributed by atoms with Crippen LogP contribution in [0.2, 0.25) is 0 Å². The third kappa shape index (κ3) is 3.31. The van der Waals surface area contributed by atoms with Crippen LogP contribution >= 0.6 is 0 Å². The molecule has 1 atom stereocenters. The van der Waals surface area contributed by atoms with Gasteiger partial charge >= 0.3 is 0 Å². The highest BCUT2D eigenvalue weighted by Gasteiger charge is 2.06. The van der Waals surface area contributed by atoms with E-state index in [-0.39, 0.29) is 6.17 Å². The predicted octanol–water partition coefficient (Wildman–Crippen LogP) is 2.69. The summed E-state index contributed by atoms with van der Waals surface area (Å²) in [5.41, 5.74) is 1.63. The van der Waals surface area contributed by atoms with Gasteiger partial charge in [-0.2, -0.15) is 0 Å². The average molecular weight is 238 g/mol. The van der Waals surface area contributed by atoms with Gasteiger partial charge in [0.25, 0.3) is 0 Å². The van der Waals surface area contributed by atoms with Crippen molar-refractivity contribution in [3.63, 3.8) is 0 Å². The molecule has 2 rings (SSSR count). The fourth-order valence-electron chi connectivity index (χ4n) is 1.46. The van der Waals surface area contributed by atoms with Gasteiger partial charge in [-0.3, -0.25) is 20.0 Å². The first kappa shape index (κ1) is 12.1. The lowest BCUT2D eigenvalue weighted by atomic mass is 10.3. The predicted molar refractivity (Wildman–Crippen MR) is 73.0 cm³/mol. The third-order valence-corrected chi connectivity index (χ3v) is 2.28. The lowest BCUT2D eigenvalue weighted by Crippen LogP contribution is -1.97. The van der Waals surface area contributed by atoms with Gasteiger partial charge in [0.05, 0.1) is 17.6 Å². The molecule has 0 N–H and O–H groups in total. The maximum atomic E-state index is 4.41. The van der Waals surface area contributed by atoms with Crippen LogP contribution in [0.25, 0.3) is 0 Å². The number of hydrogen-bond donors (Lipinski definition) is 0. The first-order chi connectivity index (χ1) is 8.90. The monoisotopic (exact) mass is 238 g/mol. The van der Waals surface area contributed by atoms with Gasteiger partial charge in [0.2, 0.25) is 0 Å². The summed E-state index contributed by atoms with van der Waals surface area (Å²) in [5.74, 6) is 0. The number of aliphatic imine (C=N–C) groups is 2. The summed E-state index contributed by atoms with van der Waals surface area (Å²) in [6, 6.07) is 11.4. The summed E-state index contributed by atoms with van der Waals surface area (Å²) in [6.45, 7) is 1.87. The molecule has 0 amide bonds. The van der Waals surface area contributed by atoms with Crippen LogP contribution in [0.15, 0.2) is 58.8 Å². The first-order valence-corrected chi connectivity index (χ1v) is 5.73. The molecule has 0 radical (unpaired) electrons.